The molecule has 0 amide bonds. The van der Waals surface area contributed by atoms with Gasteiger partial charge in [0.2, 0.25) is 0 Å². The Bertz CT molecular complexity index is 1120. The van der Waals surface area contributed by atoms with Crippen LogP contribution in [0.15, 0.2) is 0 Å². The number of aliphatic hydroxyl groups excluding tert-OH is 4. The molecule has 27 heteroatoms. The molecule has 2 fully saturated rings. The Morgan fingerprint density at radius 2 is 0.618 bits per heavy atom. The predicted octanol–water partition coefficient (Wildman–Crippen LogP) is -2.61. The second-order valence-electron chi connectivity index (χ2n) is 11.6. The van der Waals surface area contributed by atoms with Crippen LogP contribution >= 0.6 is 0 Å². The minimum absolute atomic E-state index is 0. The van der Waals surface area contributed by atoms with Crippen LogP contribution in [0.3, 0.4) is 0 Å². The number of hydrogen-bond donors (Lipinski definition) is 12. The van der Waals surface area contributed by atoms with E-state index in [4.69, 9.17) is 30.6 Å². The molecule has 0 heterocycles. The molecule has 0 aromatic heterocycles. The van der Waals surface area contributed by atoms with Crippen molar-refractivity contribution in [3.8, 4) is 0 Å². The number of carboxylic acid groups (broad SMARTS) is 6. The molecule has 2 unspecified atom stereocenters. The van der Waals surface area contributed by atoms with Crippen molar-refractivity contribution in [3.63, 3.8) is 0 Å². The van der Waals surface area contributed by atoms with Crippen LogP contribution in [0, 0.1) is 113 Å². The maximum Gasteiger partial charge on any atom is 0.301 e. The van der Waals surface area contributed by atoms with Gasteiger partial charge in [-0.25, -0.2) is 0 Å². The summed E-state index contributed by atoms with van der Waals surface area (Å²) in [6.07, 6.45) is -8.66. The fourth-order valence-electron chi connectivity index (χ4n) is 5.18. The Balaban J connectivity index is -0.000000935. The van der Waals surface area contributed by atoms with Crippen LogP contribution in [-0.2, 0) is 28.8 Å². The molecule has 0 aromatic rings. The third-order valence-electron chi connectivity index (χ3n) is 7.72. The zero-order chi connectivity index (χ0) is 39.8. The molecule has 24 nitrogen and oxygen atoms in total. The van der Waals surface area contributed by atoms with Crippen molar-refractivity contribution in [2.24, 2.45) is 0 Å². The molecule has 12 N–H and O–H groups in total. The summed E-state index contributed by atoms with van der Waals surface area (Å²) in [6, 6.07) is -5.16. The first-order valence-corrected chi connectivity index (χ1v) is 15.7. The third-order valence-corrected chi connectivity index (χ3v) is 7.72. The first kappa shape index (κ1) is 59.4. The van der Waals surface area contributed by atoms with Crippen LogP contribution in [0.25, 0.3) is 31.9 Å². The number of rotatable bonds is 24. The van der Waals surface area contributed by atoms with Crippen LogP contribution in [0.2, 0.25) is 0 Å². The predicted molar refractivity (Wildman–Crippen MR) is 172 cm³/mol. The number of hydrogen-bond acceptors (Lipinski definition) is 12. The van der Waals surface area contributed by atoms with Crippen molar-refractivity contribution in [3.05, 3.63) is 31.9 Å². The van der Waals surface area contributed by atoms with Crippen molar-refractivity contribution in [1.82, 2.24) is 0 Å². The van der Waals surface area contributed by atoms with Gasteiger partial charge < -0.3 is 93.2 Å². The van der Waals surface area contributed by atoms with Crippen LogP contribution in [-0.4, -0.2) is 196 Å². The van der Waals surface area contributed by atoms with Gasteiger partial charge in [0, 0.05) is 170 Å². The molecular formula is C28H44Ho3N6O18-6. The molecule has 0 aromatic carbocycles. The molecule has 333 valence electrons. The van der Waals surface area contributed by atoms with Gasteiger partial charge in [0.1, 0.15) is 0 Å². The van der Waals surface area contributed by atoms with Crippen LogP contribution in [0.5, 0.6) is 0 Å². The normalized spacial score (nSPS) is 29.3. The van der Waals surface area contributed by atoms with E-state index in [0.717, 1.165) is 0 Å². The third kappa shape index (κ3) is 19.8. The molecule has 0 aliphatic heterocycles. The molecule has 55 heavy (non-hydrogen) atoms. The average molecular weight is 1250 g/mol. The smallest absolute Gasteiger partial charge is 0.301 e. The van der Waals surface area contributed by atoms with E-state index in [1.165, 1.54) is 0 Å². The summed E-state index contributed by atoms with van der Waals surface area (Å²) in [6.45, 7) is -1.67. The summed E-state index contributed by atoms with van der Waals surface area (Å²) in [5.74, 6) is -6.93. The van der Waals surface area contributed by atoms with Gasteiger partial charge in [0.25, 0.3) is 0 Å². The molecular weight excluding hydrogens is 1200 g/mol. The van der Waals surface area contributed by atoms with E-state index in [9.17, 15) is 59.4 Å². The summed E-state index contributed by atoms with van der Waals surface area (Å²) in [7, 11) is 0. The molecule has 2 saturated carbocycles. The first-order chi connectivity index (χ1) is 24.2. The second-order valence-corrected chi connectivity index (χ2v) is 11.6. The fourth-order valence-corrected chi connectivity index (χ4v) is 5.18. The SMILES string of the molecule is O=C(O)CC[N-]C1C(O)([N-]CCC(=O)O)C(O)C1(O)[N-]CCC(=O)O.O=C(O)CC[N-]C1C(O)C([N-]CCC(=O)O)C(O)C([N-]CCC(=O)O)C1O.[Ho].[Ho].[Ho]. The summed E-state index contributed by atoms with van der Waals surface area (Å²) in [5, 5.41) is 137. The molecule has 2 rings (SSSR count). The van der Waals surface area contributed by atoms with Crippen molar-refractivity contribution in [2.75, 3.05) is 39.3 Å². The van der Waals surface area contributed by atoms with Gasteiger partial charge in [0.15, 0.2) is 0 Å². The van der Waals surface area contributed by atoms with Gasteiger partial charge in [-0.05, 0) is 11.4 Å². The number of carboxylic acids is 6. The van der Waals surface area contributed by atoms with Crippen LogP contribution < -0.4 is 0 Å². The van der Waals surface area contributed by atoms with Gasteiger partial charge in [-0.2, -0.15) is 0 Å². The van der Waals surface area contributed by atoms with Crippen molar-refractivity contribution in [2.45, 2.75) is 98.6 Å². The monoisotopic (exact) mass is 1250 g/mol. The van der Waals surface area contributed by atoms with E-state index in [1.807, 2.05) is 0 Å². The first-order valence-electron chi connectivity index (χ1n) is 15.7. The van der Waals surface area contributed by atoms with E-state index in [1.54, 1.807) is 0 Å². The Kier molecular flexibility index (Phi) is 31.7. The number of carbonyl (C=O) groups is 6. The van der Waals surface area contributed by atoms with E-state index in [0.29, 0.717) is 0 Å². The van der Waals surface area contributed by atoms with Crippen molar-refractivity contribution >= 4 is 35.8 Å². The topological polar surface area (TPSA) is 430 Å². The maximum atomic E-state index is 10.6. The molecule has 0 bridgehead atoms. The molecule has 2 atom stereocenters. The van der Waals surface area contributed by atoms with Gasteiger partial charge in [-0.1, -0.05) is 18.1 Å². The minimum Gasteiger partial charge on any atom is -0.657 e. The van der Waals surface area contributed by atoms with E-state index >= 15 is 0 Å². The number of aliphatic hydroxyl groups is 6. The Hall–Kier alpha value is 0.119. The van der Waals surface area contributed by atoms with Gasteiger partial charge in [0.05, 0.1) is 6.10 Å². The quantitative estimate of drug-likeness (QED) is 0.0441. The van der Waals surface area contributed by atoms with Gasteiger partial charge in [-0.3, -0.25) is 28.8 Å². The molecule has 2 aliphatic rings. The number of aliphatic carboxylic acids is 6. The standard InChI is InChI=1S/C15H24N3O9.C13H20N3O9.3Ho/c19-7(20)1-4-16-10-13(25)11(17-5-2-8(21)22)15(27)12(14(10)26)18-6-3-9(23)24;17-7(18)1-4-14-10-12(24,15-5-2-8(19)20)11(23)13(10,25)16-6-3-9(21)22;;;/h10-15,25-27H,1-6H2,(H,19,20)(H,21,22)(H,23,24);10-11,23-25H,1-6H2,(H,17,18)(H,19,20)(H,21,22);;;/q2*-3;;;. The Morgan fingerprint density at radius 1 is 0.400 bits per heavy atom. The minimum atomic E-state index is -2.34. The zero-order valence-electron chi connectivity index (χ0n) is 28.5. The zero-order valence-corrected chi connectivity index (χ0v) is 34.3. The summed E-state index contributed by atoms with van der Waals surface area (Å²) in [4.78, 5) is 63.5. The second kappa shape index (κ2) is 29.4. The fraction of sp³-hybridized carbons (Fsp3) is 0.786. The van der Waals surface area contributed by atoms with Crippen molar-refractivity contribution < 1.29 is 203 Å². The Labute approximate surface area is 404 Å². The average Bonchev–Trinajstić information content (AvgIpc) is 3.03. The van der Waals surface area contributed by atoms with E-state index in [-0.39, 0.29) is 172 Å². The van der Waals surface area contributed by atoms with E-state index in [2.05, 4.69) is 31.9 Å². The number of nitrogens with zero attached hydrogens (tertiary/aromatic N) is 6. The van der Waals surface area contributed by atoms with Gasteiger partial charge >= 0.3 is 35.8 Å². The molecule has 0 saturated heterocycles. The summed E-state index contributed by atoms with van der Waals surface area (Å²) < 4.78 is 0. The summed E-state index contributed by atoms with van der Waals surface area (Å²) >= 11 is 0. The van der Waals surface area contributed by atoms with Crippen LogP contribution in [0.4, 0.5) is 0 Å². The summed E-state index contributed by atoms with van der Waals surface area (Å²) in [5.41, 5.74) is -4.68. The van der Waals surface area contributed by atoms with Crippen molar-refractivity contribution in [1.29, 1.82) is 0 Å². The van der Waals surface area contributed by atoms with E-state index < -0.39 is 115 Å². The largest absolute Gasteiger partial charge is 0.657 e. The molecule has 2 aliphatic carbocycles. The Morgan fingerprint density at radius 3 is 0.855 bits per heavy atom. The molecule has 3 radical (unpaired) electrons. The van der Waals surface area contributed by atoms with Gasteiger partial charge in [-0.15, -0.1) is 45.3 Å². The van der Waals surface area contributed by atoms with Crippen LogP contribution in [0.1, 0.15) is 38.5 Å². The molecule has 0 spiro atoms. The maximum absolute atomic E-state index is 10.6.